The maximum Gasteiger partial charge on any atom is 0.261 e. The molecule has 1 aliphatic rings. The number of rotatable bonds is 8. The van der Waals surface area contributed by atoms with Gasteiger partial charge in [0, 0.05) is 6.54 Å². The number of carbonyl (C=O) groups is 1. The number of ether oxygens (including phenoxy) is 2. The summed E-state index contributed by atoms with van der Waals surface area (Å²) in [6.45, 7) is 2.55. The molecule has 0 aliphatic heterocycles. The van der Waals surface area contributed by atoms with Gasteiger partial charge in [-0.25, -0.2) is 4.39 Å². The van der Waals surface area contributed by atoms with Gasteiger partial charge in [0.15, 0.2) is 6.10 Å². The van der Waals surface area contributed by atoms with E-state index in [1.54, 1.807) is 19.1 Å². The monoisotopic (exact) mass is 433 g/mol. The highest BCUT2D eigenvalue weighted by molar-refractivity contribution is 5.80. The van der Waals surface area contributed by atoms with Gasteiger partial charge < -0.3 is 14.8 Å². The Kier molecular flexibility index (Phi) is 7.05. The summed E-state index contributed by atoms with van der Waals surface area (Å²) >= 11 is 0. The van der Waals surface area contributed by atoms with Crippen molar-refractivity contribution in [1.82, 2.24) is 5.32 Å². The molecule has 3 aromatic rings. The van der Waals surface area contributed by atoms with Crippen molar-refractivity contribution >= 4 is 5.91 Å². The standard InChI is InChI=1S/C27H28FNO3/c1-19(32-26-15-10-22-4-2-3-5-23(22)16-26)27(30)29-17-20-8-13-25(14-9-20)31-18-21-6-11-24(28)12-7-21/h6-16,19H,2-5,17-18H2,1H3,(H,29,30)/t19-/m1/s1. The molecule has 0 saturated carbocycles. The zero-order chi connectivity index (χ0) is 22.3. The number of amides is 1. The van der Waals surface area contributed by atoms with Gasteiger partial charge in [-0.3, -0.25) is 4.79 Å². The fourth-order valence-electron chi connectivity index (χ4n) is 3.82. The van der Waals surface area contributed by atoms with Gasteiger partial charge in [0.2, 0.25) is 0 Å². The molecule has 5 heteroatoms. The summed E-state index contributed by atoms with van der Waals surface area (Å²) in [5.74, 6) is 1.05. The smallest absolute Gasteiger partial charge is 0.261 e. The Bertz CT molecular complexity index is 1050. The molecule has 166 valence electrons. The quantitative estimate of drug-likeness (QED) is 0.520. The van der Waals surface area contributed by atoms with Crippen molar-refractivity contribution < 1.29 is 18.7 Å². The van der Waals surface area contributed by atoms with Crippen LogP contribution in [0, 0.1) is 5.82 Å². The van der Waals surface area contributed by atoms with Crippen molar-refractivity contribution in [2.24, 2.45) is 0 Å². The van der Waals surface area contributed by atoms with Crippen LogP contribution in [0.4, 0.5) is 4.39 Å². The average Bonchev–Trinajstić information content (AvgIpc) is 2.82. The van der Waals surface area contributed by atoms with Crippen molar-refractivity contribution in [3.05, 3.63) is 94.8 Å². The maximum absolute atomic E-state index is 13.0. The van der Waals surface area contributed by atoms with E-state index in [2.05, 4.69) is 17.4 Å². The molecular weight excluding hydrogens is 405 g/mol. The van der Waals surface area contributed by atoms with Gasteiger partial charge in [-0.05, 0) is 91.3 Å². The third-order valence-corrected chi connectivity index (χ3v) is 5.71. The number of hydrogen-bond acceptors (Lipinski definition) is 3. The topological polar surface area (TPSA) is 47.6 Å². The number of aryl methyl sites for hydroxylation is 2. The van der Waals surface area contributed by atoms with Crippen LogP contribution in [-0.2, 0) is 30.8 Å². The van der Waals surface area contributed by atoms with Crippen molar-refractivity contribution in [2.75, 3.05) is 0 Å². The SMILES string of the molecule is C[C@@H](Oc1ccc2c(c1)CCCC2)C(=O)NCc1ccc(OCc2ccc(F)cc2)cc1. The van der Waals surface area contributed by atoms with Gasteiger partial charge >= 0.3 is 0 Å². The van der Waals surface area contributed by atoms with E-state index in [1.165, 1.54) is 36.1 Å². The Hall–Kier alpha value is -3.34. The lowest BCUT2D eigenvalue weighted by Crippen LogP contribution is -2.35. The maximum atomic E-state index is 13.0. The van der Waals surface area contributed by atoms with E-state index >= 15 is 0 Å². The minimum Gasteiger partial charge on any atom is -0.489 e. The van der Waals surface area contributed by atoms with Gasteiger partial charge in [-0.15, -0.1) is 0 Å². The molecule has 4 nitrogen and oxygen atoms in total. The molecule has 0 spiro atoms. The average molecular weight is 434 g/mol. The summed E-state index contributed by atoms with van der Waals surface area (Å²) < 4.78 is 24.6. The Morgan fingerprint density at radius 3 is 2.31 bits per heavy atom. The highest BCUT2D eigenvalue weighted by Gasteiger charge is 2.16. The summed E-state index contributed by atoms with van der Waals surface area (Å²) in [5.41, 5.74) is 4.60. The number of halogens is 1. The van der Waals surface area contributed by atoms with Crippen molar-refractivity contribution in [1.29, 1.82) is 0 Å². The summed E-state index contributed by atoms with van der Waals surface area (Å²) in [5, 5.41) is 2.92. The molecular formula is C27H28FNO3. The second-order valence-electron chi connectivity index (χ2n) is 8.17. The Labute approximate surface area is 188 Å². The predicted octanol–water partition coefficient (Wildman–Crippen LogP) is 5.37. The minimum atomic E-state index is -0.574. The molecule has 0 aromatic heterocycles. The van der Waals surface area contributed by atoms with Gasteiger partial charge in [0.25, 0.3) is 5.91 Å². The molecule has 0 heterocycles. The fraction of sp³-hybridized carbons (Fsp3) is 0.296. The van der Waals surface area contributed by atoms with E-state index in [0.717, 1.165) is 29.7 Å². The Morgan fingerprint density at radius 2 is 1.56 bits per heavy atom. The number of carbonyl (C=O) groups excluding carboxylic acids is 1. The molecule has 1 N–H and O–H groups in total. The first-order chi connectivity index (χ1) is 15.6. The lowest BCUT2D eigenvalue weighted by molar-refractivity contribution is -0.127. The largest absolute Gasteiger partial charge is 0.489 e. The second-order valence-corrected chi connectivity index (χ2v) is 8.17. The number of hydrogen-bond donors (Lipinski definition) is 1. The van der Waals surface area contributed by atoms with Crippen LogP contribution in [0.3, 0.4) is 0 Å². The lowest BCUT2D eigenvalue weighted by atomic mass is 9.92. The minimum absolute atomic E-state index is 0.153. The van der Waals surface area contributed by atoms with Crippen molar-refractivity contribution in [2.45, 2.75) is 51.9 Å². The predicted molar refractivity (Wildman–Crippen MR) is 122 cm³/mol. The molecule has 0 radical (unpaired) electrons. The van der Waals surface area contributed by atoms with Crippen molar-refractivity contribution in [3.63, 3.8) is 0 Å². The normalized spacial score (nSPS) is 13.7. The third-order valence-electron chi connectivity index (χ3n) is 5.71. The summed E-state index contributed by atoms with van der Waals surface area (Å²) in [6, 6.07) is 19.9. The number of nitrogens with one attached hydrogen (secondary N) is 1. The van der Waals surface area contributed by atoms with E-state index < -0.39 is 6.10 Å². The van der Waals surface area contributed by atoms with Crippen LogP contribution >= 0.6 is 0 Å². The first kappa shape index (κ1) is 21.9. The third kappa shape index (κ3) is 5.88. The highest BCUT2D eigenvalue weighted by Crippen LogP contribution is 2.26. The van der Waals surface area contributed by atoms with Crippen LogP contribution in [0.5, 0.6) is 11.5 Å². The molecule has 1 atom stereocenters. The molecule has 0 fully saturated rings. The van der Waals surface area contributed by atoms with E-state index in [-0.39, 0.29) is 11.7 Å². The van der Waals surface area contributed by atoms with Crippen LogP contribution in [0.1, 0.15) is 42.0 Å². The van der Waals surface area contributed by atoms with E-state index in [0.29, 0.717) is 18.9 Å². The summed E-state index contributed by atoms with van der Waals surface area (Å²) in [7, 11) is 0. The molecule has 0 saturated heterocycles. The molecule has 4 rings (SSSR count). The van der Waals surface area contributed by atoms with Gasteiger partial charge in [-0.1, -0.05) is 30.3 Å². The molecule has 0 unspecified atom stereocenters. The number of fused-ring (bicyclic) bond motifs is 1. The molecule has 1 aliphatic carbocycles. The van der Waals surface area contributed by atoms with Crippen LogP contribution in [-0.4, -0.2) is 12.0 Å². The Morgan fingerprint density at radius 1 is 0.906 bits per heavy atom. The Balaban J connectivity index is 1.24. The van der Waals surface area contributed by atoms with E-state index in [1.807, 2.05) is 30.3 Å². The first-order valence-electron chi connectivity index (χ1n) is 11.1. The van der Waals surface area contributed by atoms with Crippen molar-refractivity contribution in [3.8, 4) is 11.5 Å². The highest BCUT2D eigenvalue weighted by atomic mass is 19.1. The summed E-state index contributed by atoms with van der Waals surface area (Å²) in [6.07, 6.45) is 4.09. The fourth-order valence-corrected chi connectivity index (χ4v) is 3.82. The molecule has 0 bridgehead atoms. The summed E-state index contributed by atoms with van der Waals surface area (Å²) in [4.78, 5) is 12.5. The number of benzene rings is 3. The van der Waals surface area contributed by atoms with Gasteiger partial charge in [0.05, 0.1) is 0 Å². The van der Waals surface area contributed by atoms with Crippen LogP contribution in [0.15, 0.2) is 66.7 Å². The van der Waals surface area contributed by atoms with Gasteiger partial charge in [0.1, 0.15) is 23.9 Å². The van der Waals surface area contributed by atoms with E-state index in [4.69, 9.17) is 9.47 Å². The van der Waals surface area contributed by atoms with E-state index in [9.17, 15) is 9.18 Å². The first-order valence-corrected chi connectivity index (χ1v) is 11.1. The molecule has 32 heavy (non-hydrogen) atoms. The molecule has 1 amide bonds. The van der Waals surface area contributed by atoms with Crippen LogP contribution in [0.25, 0.3) is 0 Å². The van der Waals surface area contributed by atoms with Crippen LogP contribution < -0.4 is 14.8 Å². The lowest BCUT2D eigenvalue weighted by Gasteiger charge is -2.19. The molecule has 3 aromatic carbocycles. The zero-order valence-corrected chi connectivity index (χ0v) is 18.3. The second kappa shape index (κ2) is 10.3. The zero-order valence-electron chi connectivity index (χ0n) is 18.3. The van der Waals surface area contributed by atoms with Crippen LogP contribution in [0.2, 0.25) is 0 Å². The van der Waals surface area contributed by atoms with Gasteiger partial charge in [-0.2, -0.15) is 0 Å².